The highest BCUT2D eigenvalue weighted by Gasteiger charge is 2.36. The second kappa shape index (κ2) is 12.6. The Morgan fingerprint density at radius 2 is 1.57 bits per heavy atom. The molecule has 0 saturated carbocycles. The summed E-state index contributed by atoms with van der Waals surface area (Å²) in [6.07, 6.45) is 1.11. The Morgan fingerprint density at radius 1 is 0.973 bits per heavy atom. The average molecular weight is 508 g/mol. The van der Waals surface area contributed by atoms with Gasteiger partial charge in [0.2, 0.25) is 11.8 Å². The van der Waals surface area contributed by atoms with Crippen LogP contribution in [0, 0.1) is 6.92 Å². The lowest BCUT2D eigenvalue weighted by molar-refractivity contribution is -0.142. The van der Waals surface area contributed by atoms with Crippen LogP contribution < -0.4 is 10.6 Å². The first kappa shape index (κ1) is 29.6. The van der Waals surface area contributed by atoms with Crippen molar-refractivity contribution in [1.29, 1.82) is 0 Å². The number of rotatable bonds is 9. The fourth-order valence-electron chi connectivity index (χ4n) is 3.82. The van der Waals surface area contributed by atoms with Gasteiger partial charge in [-0.2, -0.15) is 0 Å². The molecule has 2 atom stereocenters. The number of carbonyl (C=O) groups excluding carboxylic acids is 3. The van der Waals surface area contributed by atoms with Crippen LogP contribution in [0.3, 0.4) is 0 Å². The Kier molecular flexibility index (Phi) is 10.1. The molecule has 0 aromatic heterocycles. The number of nitrogens with one attached hydrogen (secondary N) is 2. The molecule has 2 rings (SSSR count). The van der Waals surface area contributed by atoms with Gasteiger partial charge in [-0.15, -0.1) is 6.58 Å². The van der Waals surface area contributed by atoms with Crippen LogP contribution in [0.5, 0.6) is 0 Å². The van der Waals surface area contributed by atoms with E-state index in [2.05, 4.69) is 17.2 Å². The fraction of sp³-hybridized carbons (Fsp3) is 0.433. The van der Waals surface area contributed by atoms with Crippen molar-refractivity contribution in [2.45, 2.75) is 78.1 Å². The molecule has 0 saturated heterocycles. The van der Waals surface area contributed by atoms with Gasteiger partial charge in [-0.25, -0.2) is 4.79 Å². The third-order valence-electron chi connectivity index (χ3n) is 5.33. The summed E-state index contributed by atoms with van der Waals surface area (Å²) in [6.45, 7) is 16.8. The minimum absolute atomic E-state index is 0.107. The van der Waals surface area contributed by atoms with E-state index < -0.39 is 35.2 Å². The van der Waals surface area contributed by atoms with Gasteiger partial charge in [-0.3, -0.25) is 9.59 Å². The summed E-state index contributed by atoms with van der Waals surface area (Å²) in [6, 6.07) is 15.0. The minimum Gasteiger partial charge on any atom is -0.444 e. The lowest BCUT2D eigenvalue weighted by Crippen LogP contribution is -2.55. The van der Waals surface area contributed by atoms with Crippen molar-refractivity contribution >= 4 is 17.9 Å². The van der Waals surface area contributed by atoms with Gasteiger partial charge < -0.3 is 20.3 Å². The molecular formula is C30H41N3O4. The van der Waals surface area contributed by atoms with Crippen molar-refractivity contribution in [3.8, 4) is 0 Å². The van der Waals surface area contributed by atoms with Crippen LogP contribution in [-0.2, 0) is 20.7 Å². The molecule has 0 fully saturated rings. The van der Waals surface area contributed by atoms with Gasteiger partial charge >= 0.3 is 6.09 Å². The zero-order chi connectivity index (χ0) is 27.8. The zero-order valence-corrected chi connectivity index (χ0v) is 23.1. The molecule has 0 heterocycles. The largest absolute Gasteiger partial charge is 0.444 e. The van der Waals surface area contributed by atoms with Gasteiger partial charge in [-0.05, 0) is 59.6 Å². The summed E-state index contributed by atoms with van der Waals surface area (Å²) in [5.74, 6) is -0.730. The van der Waals surface area contributed by atoms with E-state index in [0.29, 0.717) is 5.56 Å². The Balaban J connectivity index is 2.52. The van der Waals surface area contributed by atoms with E-state index >= 15 is 0 Å². The first-order chi connectivity index (χ1) is 17.2. The molecule has 0 radical (unpaired) electrons. The van der Waals surface area contributed by atoms with Crippen molar-refractivity contribution in [3.05, 3.63) is 83.9 Å². The van der Waals surface area contributed by atoms with Crippen molar-refractivity contribution in [1.82, 2.24) is 15.5 Å². The Labute approximate surface area is 221 Å². The van der Waals surface area contributed by atoms with Crippen molar-refractivity contribution in [2.24, 2.45) is 0 Å². The summed E-state index contributed by atoms with van der Waals surface area (Å²) in [4.78, 5) is 41.9. The Hall–Kier alpha value is -3.61. The molecule has 2 aromatic carbocycles. The summed E-state index contributed by atoms with van der Waals surface area (Å²) in [5.41, 5.74) is 1.32. The molecule has 200 valence electrons. The van der Waals surface area contributed by atoms with E-state index in [1.807, 2.05) is 82.3 Å². The van der Waals surface area contributed by atoms with Gasteiger partial charge in [0.05, 0.1) is 0 Å². The van der Waals surface area contributed by atoms with E-state index in [-0.39, 0.29) is 18.9 Å². The Morgan fingerprint density at radius 3 is 2.08 bits per heavy atom. The number of carbonyl (C=O) groups is 3. The van der Waals surface area contributed by atoms with Crippen LogP contribution in [0.1, 0.15) is 64.3 Å². The highest BCUT2D eigenvalue weighted by atomic mass is 16.6. The van der Waals surface area contributed by atoms with Crippen LogP contribution in [0.15, 0.2) is 67.3 Å². The molecule has 2 N–H and O–H groups in total. The minimum atomic E-state index is -0.965. The molecule has 0 aliphatic carbocycles. The first-order valence-corrected chi connectivity index (χ1v) is 12.5. The fourth-order valence-corrected chi connectivity index (χ4v) is 3.82. The number of aryl methyl sites for hydroxylation is 1. The van der Waals surface area contributed by atoms with E-state index in [1.54, 1.807) is 26.8 Å². The maximum atomic E-state index is 14.1. The number of hydrogen-bond acceptors (Lipinski definition) is 4. The number of benzene rings is 2. The van der Waals surface area contributed by atoms with Gasteiger partial charge in [-0.1, -0.05) is 66.2 Å². The number of alkyl carbamates (subject to hydrolysis) is 1. The smallest absolute Gasteiger partial charge is 0.408 e. The van der Waals surface area contributed by atoms with Crippen LogP contribution in [0.4, 0.5) is 4.79 Å². The number of amides is 3. The lowest BCUT2D eigenvalue weighted by Gasteiger charge is -2.35. The number of nitrogens with zero attached hydrogens (tertiary/aromatic N) is 1. The number of hydrogen-bond donors (Lipinski definition) is 2. The number of ether oxygens (including phenoxy) is 1. The molecular weight excluding hydrogens is 466 g/mol. The second-order valence-corrected chi connectivity index (χ2v) is 11.2. The Bertz CT molecular complexity index is 1070. The van der Waals surface area contributed by atoms with Gasteiger partial charge in [0.25, 0.3) is 0 Å². The van der Waals surface area contributed by atoms with Crippen LogP contribution in [0.2, 0.25) is 0 Å². The maximum Gasteiger partial charge on any atom is 0.408 e. The summed E-state index contributed by atoms with van der Waals surface area (Å²) in [7, 11) is 0. The van der Waals surface area contributed by atoms with Crippen molar-refractivity contribution in [2.75, 3.05) is 6.54 Å². The molecule has 0 spiro atoms. The van der Waals surface area contributed by atoms with E-state index in [1.165, 1.54) is 4.90 Å². The van der Waals surface area contributed by atoms with Gasteiger partial charge in [0.15, 0.2) is 0 Å². The van der Waals surface area contributed by atoms with Crippen LogP contribution >= 0.6 is 0 Å². The summed E-state index contributed by atoms with van der Waals surface area (Å²) in [5, 5.41) is 5.75. The summed E-state index contributed by atoms with van der Waals surface area (Å²) < 4.78 is 5.45. The topological polar surface area (TPSA) is 87.7 Å². The average Bonchev–Trinajstić information content (AvgIpc) is 2.77. The predicted molar refractivity (Wildman–Crippen MR) is 147 cm³/mol. The van der Waals surface area contributed by atoms with E-state index in [0.717, 1.165) is 11.1 Å². The van der Waals surface area contributed by atoms with Crippen molar-refractivity contribution < 1.29 is 19.1 Å². The molecule has 7 heteroatoms. The predicted octanol–water partition coefficient (Wildman–Crippen LogP) is 5.10. The molecule has 7 nitrogen and oxygen atoms in total. The van der Waals surface area contributed by atoms with E-state index in [4.69, 9.17) is 4.74 Å². The highest BCUT2D eigenvalue weighted by Crippen LogP contribution is 2.25. The molecule has 3 amide bonds. The van der Waals surface area contributed by atoms with Crippen LogP contribution in [0.25, 0.3) is 0 Å². The third kappa shape index (κ3) is 9.75. The normalized spacial score (nSPS) is 13.2. The molecule has 2 aromatic rings. The van der Waals surface area contributed by atoms with Crippen molar-refractivity contribution in [3.63, 3.8) is 0 Å². The van der Waals surface area contributed by atoms with Gasteiger partial charge in [0.1, 0.15) is 17.7 Å². The SMILES string of the molecule is C=CCN(C(=O)C(Cc1ccccc1)NC(=O)OC(C)(C)C)C(C(=O)NC(C)(C)C)c1ccc(C)cc1. The van der Waals surface area contributed by atoms with E-state index in [9.17, 15) is 14.4 Å². The quantitative estimate of drug-likeness (QED) is 0.462. The third-order valence-corrected chi connectivity index (χ3v) is 5.33. The molecule has 0 aliphatic heterocycles. The summed E-state index contributed by atoms with van der Waals surface area (Å²) >= 11 is 0. The standard InChI is InChI=1S/C30H41N3O4/c1-9-19-33(25(26(34)32-29(3,4)5)23-17-15-21(2)16-18-23)27(35)24(20-22-13-11-10-12-14-22)31-28(36)37-30(6,7)8/h9-18,24-25H,1,19-20H2,2-8H3,(H,31,36)(H,32,34). The maximum absolute atomic E-state index is 14.1. The van der Waals surface area contributed by atoms with Gasteiger partial charge in [0, 0.05) is 18.5 Å². The lowest BCUT2D eigenvalue weighted by atomic mass is 9.98. The first-order valence-electron chi connectivity index (χ1n) is 12.5. The second-order valence-electron chi connectivity index (χ2n) is 11.2. The van der Waals surface area contributed by atoms with Crippen LogP contribution in [-0.4, -0.2) is 46.5 Å². The molecule has 37 heavy (non-hydrogen) atoms. The highest BCUT2D eigenvalue weighted by molar-refractivity contribution is 5.92. The monoisotopic (exact) mass is 507 g/mol. The molecule has 2 unspecified atom stereocenters. The zero-order valence-electron chi connectivity index (χ0n) is 23.1. The molecule has 0 bridgehead atoms. The molecule has 0 aliphatic rings.